The number of carbonyl (C=O) groups excluding carboxylic acids is 1. The minimum Gasteiger partial charge on any atom is -0.462 e. The molecule has 1 saturated carbocycles. The van der Waals surface area contributed by atoms with Crippen molar-refractivity contribution < 1.29 is 22.7 Å². The van der Waals surface area contributed by atoms with E-state index in [1.54, 1.807) is 6.92 Å². The summed E-state index contributed by atoms with van der Waals surface area (Å²) >= 11 is 0. The number of hydrogen-bond donors (Lipinski definition) is 0. The average molecular weight is 386 g/mol. The van der Waals surface area contributed by atoms with Crippen LogP contribution < -0.4 is 5.56 Å². The summed E-state index contributed by atoms with van der Waals surface area (Å²) in [5.41, 5.74) is -2.33. The van der Waals surface area contributed by atoms with Gasteiger partial charge < -0.3 is 14.2 Å². The molecule has 0 unspecified atom stereocenters. The average Bonchev–Trinajstić information content (AvgIpc) is 2.58. The molecule has 0 N–H and O–H groups in total. The number of halogens is 3. The standard InChI is InChI=1S/C19H25F3N2O3/c1-2-27-18(26)15-5-6-16(19(20,21)22)24(17(15)25)8-4-3-7-23-11-13-9-14(10-13)12-23/h5-6,13-14H,2-4,7-12H2,1H3. The number of unbranched alkanes of at least 4 members (excludes halogenated alkanes) is 1. The van der Waals surface area contributed by atoms with Crippen LogP contribution in [-0.4, -0.2) is 41.7 Å². The summed E-state index contributed by atoms with van der Waals surface area (Å²) in [6.45, 7) is 4.54. The number of pyridine rings is 1. The predicted octanol–water partition coefficient (Wildman–Crippen LogP) is 3.17. The van der Waals surface area contributed by atoms with Crippen molar-refractivity contribution in [1.29, 1.82) is 0 Å². The van der Waals surface area contributed by atoms with E-state index in [4.69, 9.17) is 4.74 Å². The number of fused-ring (bicyclic) bond motifs is 2. The van der Waals surface area contributed by atoms with Gasteiger partial charge in [0.25, 0.3) is 5.56 Å². The van der Waals surface area contributed by atoms with Crippen LogP contribution in [-0.2, 0) is 17.5 Å². The molecule has 4 rings (SSSR count). The van der Waals surface area contributed by atoms with Crippen molar-refractivity contribution in [2.24, 2.45) is 11.8 Å². The third-order valence-electron chi connectivity index (χ3n) is 5.43. The molecule has 1 aromatic heterocycles. The number of alkyl halides is 3. The molecule has 2 bridgehead atoms. The van der Waals surface area contributed by atoms with Gasteiger partial charge in [0.05, 0.1) is 6.61 Å². The molecule has 150 valence electrons. The van der Waals surface area contributed by atoms with Gasteiger partial charge in [0, 0.05) is 19.6 Å². The van der Waals surface area contributed by atoms with Gasteiger partial charge in [-0.2, -0.15) is 13.2 Å². The second-order valence-electron chi connectivity index (χ2n) is 7.48. The minimum atomic E-state index is -4.65. The van der Waals surface area contributed by atoms with Crippen LogP contribution in [0.15, 0.2) is 16.9 Å². The molecule has 1 aromatic rings. The van der Waals surface area contributed by atoms with Crippen LogP contribution in [0.2, 0.25) is 0 Å². The molecule has 0 atom stereocenters. The molecule has 0 aromatic carbocycles. The molecule has 3 heterocycles. The topological polar surface area (TPSA) is 51.5 Å². The van der Waals surface area contributed by atoms with Crippen molar-refractivity contribution in [2.75, 3.05) is 26.2 Å². The Hall–Kier alpha value is -1.83. The monoisotopic (exact) mass is 386 g/mol. The van der Waals surface area contributed by atoms with Crippen molar-refractivity contribution in [3.8, 4) is 0 Å². The van der Waals surface area contributed by atoms with E-state index in [0.29, 0.717) is 17.4 Å². The maximum absolute atomic E-state index is 13.3. The lowest BCUT2D eigenvalue weighted by molar-refractivity contribution is -0.144. The molecular weight excluding hydrogens is 361 g/mol. The number of rotatable bonds is 7. The minimum absolute atomic E-state index is 0.0527. The van der Waals surface area contributed by atoms with Gasteiger partial charge in [-0.25, -0.2) is 4.79 Å². The van der Waals surface area contributed by atoms with Crippen LogP contribution in [0.5, 0.6) is 0 Å². The van der Waals surface area contributed by atoms with E-state index < -0.39 is 23.4 Å². The highest BCUT2D eigenvalue weighted by Gasteiger charge is 2.37. The van der Waals surface area contributed by atoms with Crippen LogP contribution in [0.3, 0.4) is 0 Å². The van der Waals surface area contributed by atoms with Gasteiger partial charge in [-0.3, -0.25) is 4.79 Å². The zero-order valence-corrected chi connectivity index (χ0v) is 15.4. The van der Waals surface area contributed by atoms with Gasteiger partial charge in [0.15, 0.2) is 0 Å². The maximum Gasteiger partial charge on any atom is 0.431 e. The Kier molecular flexibility index (Phi) is 5.93. The van der Waals surface area contributed by atoms with Crippen molar-refractivity contribution >= 4 is 5.97 Å². The van der Waals surface area contributed by atoms with Crippen molar-refractivity contribution in [3.63, 3.8) is 0 Å². The van der Waals surface area contributed by atoms with Gasteiger partial charge in [-0.1, -0.05) is 0 Å². The normalized spacial score (nSPS) is 22.4. The third kappa shape index (κ3) is 4.54. The molecule has 1 aliphatic carbocycles. The molecule has 2 saturated heterocycles. The van der Waals surface area contributed by atoms with E-state index in [0.717, 1.165) is 43.6 Å². The Morgan fingerprint density at radius 3 is 2.37 bits per heavy atom. The van der Waals surface area contributed by atoms with E-state index in [1.807, 2.05) is 0 Å². The molecule has 2 aliphatic heterocycles. The van der Waals surface area contributed by atoms with Crippen molar-refractivity contribution in [3.05, 3.63) is 33.7 Å². The van der Waals surface area contributed by atoms with Gasteiger partial charge in [0.2, 0.25) is 0 Å². The number of piperidine rings is 2. The highest BCUT2D eigenvalue weighted by Crippen LogP contribution is 2.39. The Balaban J connectivity index is 1.66. The maximum atomic E-state index is 13.3. The fourth-order valence-electron chi connectivity index (χ4n) is 4.18. The Bertz CT molecular complexity index is 729. The van der Waals surface area contributed by atoms with Crippen LogP contribution in [0.1, 0.15) is 48.7 Å². The number of carbonyl (C=O) groups is 1. The lowest BCUT2D eigenvalue weighted by Gasteiger charge is -2.47. The van der Waals surface area contributed by atoms with E-state index in [-0.39, 0.29) is 18.7 Å². The lowest BCUT2D eigenvalue weighted by Crippen LogP contribution is -2.48. The summed E-state index contributed by atoms with van der Waals surface area (Å²) in [6, 6.07) is 1.69. The largest absolute Gasteiger partial charge is 0.462 e. The molecule has 3 fully saturated rings. The van der Waals surface area contributed by atoms with Gasteiger partial charge in [-0.15, -0.1) is 0 Å². The fraction of sp³-hybridized carbons (Fsp3) is 0.684. The van der Waals surface area contributed by atoms with Crippen LogP contribution in [0, 0.1) is 11.8 Å². The van der Waals surface area contributed by atoms with Gasteiger partial charge in [-0.05, 0) is 63.1 Å². The Labute approximate surface area is 156 Å². The quantitative estimate of drug-likeness (QED) is 0.534. The lowest BCUT2D eigenvalue weighted by atomic mass is 9.71. The zero-order valence-electron chi connectivity index (χ0n) is 15.4. The molecular formula is C19H25F3N2O3. The van der Waals surface area contributed by atoms with Crippen molar-refractivity contribution in [2.45, 2.75) is 45.3 Å². The van der Waals surface area contributed by atoms with Crippen molar-refractivity contribution in [1.82, 2.24) is 9.47 Å². The molecule has 0 radical (unpaired) electrons. The van der Waals surface area contributed by atoms with Crippen LogP contribution >= 0.6 is 0 Å². The zero-order chi connectivity index (χ0) is 19.6. The first-order chi connectivity index (χ1) is 12.8. The highest BCUT2D eigenvalue weighted by atomic mass is 19.4. The van der Waals surface area contributed by atoms with E-state index in [1.165, 1.54) is 12.8 Å². The molecule has 0 amide bonds. The Morgan fingerprint density at radius 1 is 1.15 bits per heavy atom. The first-order valence-corrected chi connectivity index (χ1v) is 9.50. The first-order valence-electron chi connectivity index (χ1n) is 9.50. The highest BCUT2D eigenvalue weighted by molar-refractivity contribution is 5.88. The molecule has 3 aliphatic rings. The smallest absolute Gasteiger partial charge is 0.431 e. The third-order valence-corrected chi connectivity index (χ3v) is 5.43. The molecule has 27 heavy (non-hydrogen) atoms. The predicted molar refractivity (Wildman–Crippen MR) is 93.5 cm³/mol. The number of ether oxygens (including phenoxy) is 1. The van der Waals surface area contributed by atoms with Gasteiger partial charge in [0.1, 0.15) is 11.3 Å². The summed E-state index contributed by atoms with van der Waals surface area (Å²) in [7, 11) is 0. The number of hydrogen-bond acceptors (Lipinski definition) is 4. The van der Waals surface area contributed by atoms with Crippen LogP contribution in [0.25, 0.3) is 0 Å². The molecule has 0 spiro atoms. The number of nitrogens with zero attached hydrogens (tertiary/aromatic N) is 2. The summed E-state index contributed by atoms with van der Waals surface area (Å²) in [4.78, 5) is 26.6. The summed E-state index contributed by atoms with van der Waals surface area (Å²) in [5.74, 6) is 0.673. The number of esters is 1. The molecule has 8 heteroatoms. The van der Waals surface area contributed by atoms with Crippen LogP contribution in [0.4, 0.5) is 13.2 Å². The summed E-state index contributed by atoms with van der Waals surface area (Å²) in [5, 5.41) is 0. The summed E-state index contributed by atoms with van der Waals surface area (Å²) < 4.78 is 45.3. The van der Waals surface area contributed by atoms with E-state index >= 15 is 0 Å². The second-order valence-corrected chi connectivity index (χ2v) is 7.48. The molecule has 5 nitrogen and oxygen atoms in total. The summed E-state index contributed by atoms with van der Waals surface area (Å²) in [6.07, 6.45) is -0.878. The van der Waals surface area contributed by atoms with Gasteiger partial charge >= 0.3 is 12.1 Å². The Morgan fingerprint density at radius 2 is 1.78 bits per heavy atom. The number of aromatic nitrogens is 1. The second kappa shape index (κ2) is 8.04. The van der Waals surface area contributed by atoms with E-state index in [2.05, 4.69) is 4.90 Å². The fourth-order valence-corrected chi connectivity index (χ4v) is 4.18. The SMILES string of the molecule is CCOC(=O)c1ccc(C(F)(F)F)n(CCCCN2CC3CC(C3)C2)c1=O. The first kappa shape index (κ1) is 19.9. The van der Waals surface area contributed by atoms with E-state index in [9.17, 15) is 22.8 Å².